The lowest BCUT2D eigenvalue weighted by Gasteiger charge is -2.12. The second kappa shape index (κ2) is 12.7. The zero-order chi connectivity index (χ0) is 17.1. The van der Waals surface area contributed by atoms with Crippen molar-refractivity contribution in [1.29, 1.82) is 0 Å². The molecule has 2 N–H and O–H groups in total. The fourth-order valence-electron chi connectivity index (χ4n) is 1.74. The van der Waals surface area contributed by atoms with Crippen LogP contribution in [0, 0.1) is 0 Å². The first-order valence-electron chi connectivity index (χ1n) is 7.18. The standard InChI is InChI=1S/C15H21F2N3O3.HI/c1-3-18-15(19-9-8-13(21)22-2)20-10-11-6-4-5-7-12(11)23-14(16)17;/h4-7,14H,3,8-10H2,1-2H3,(H2,18,19,20);1H. The highest BCUT2D eigenvalue weighted by molar-refractivity contribution is 14.0. The Bertz CT molecular complexity index is 530. The number of nitrogens with zero attached hydrogens (tertiary/aromatic N) is 1. The summed E-state index contributed by atoms with van der Waals surface area (Å²) in [6.45, 7) is 0.154. The van der Waals surface area contributed by atoms with Crippen molar-refractivity contribution < 1.29 is 23.0 Å². The van der Waals surface area contributed by atoms with E-state index in [1.807, 2.05) is 6.92 Å². The number of guanidine groups is 1. The Hall–Kier alpha value is -1.65. The summed E-state index contributed by atoms with van der Waals surface area (Å²) in [7, 11) is 1.32. The molecule has 0 heterocycles. The van der Waals surface area contributed by atoms with Gasteiger partial charge in [-0.25, -0.2) is 4.99 Å². The summed E-state index contributed by atoms with van der Waals surface area (Å²) in [5.74, 6) is 0.240. The maximum Gasteiger partial charge on any atom is 0.387 e. The van der Waals surface area contributed by atoms with E-state index in [2.05, 4.69) is 25.1 Å². The smallest absolute Gasteiger partial charge is 0.387 e. The van der Waals surface area contributed by atoms with E-state index in [9.17, 15) is 13.6 Å². The number of halogens is 3. The minimum absolute atomic E-state index is 0. The van der Waals surface area contributed by atoms with Crippen molar-refractivity contribution in [1.82, 2.24) is 10.6 Å². The highest BCUT2D eigenvalue weighted by atomic mass is 127. The van der Waals surface area contributed by atoms with Gasteiger partial charge in [-0.2, -0.15) is 8.78 Å². The number of ether oxygens (including phenoxy) is 2. The zero-order valence-corrected chi connectivity index (χ0v) is 15.9. The van der Waals surface area contributed by atoms with Crippen molar-refractivity contribution in [2.24, 2.45) is 4.99 Å². The van der Waals surface area contributed by atoms with Crippen LogP contribution in [0.2, 0.25) is 0 Å². The number of rotatable bonds is 8. The van der Waals surface area contributed by atoms with Gasteiger partial charge in [-0.05, 0) is 13.0 Å². The van der Waals surface area contributed by atoms with Gasteiger partial charge in [0.2, 0.25) is 0 Å². The molecule has 136 valence electrons. The molecule has 0 bridgehead atoms. The molecule has 0 atom stereocenters. The van der Waals surface area contributed by atoms with Crippen molar-refractivity contribution in [3.8, 4) is 5.75 Å². The van der Waals surface area contributed by atoms with Gasteiger partial charge in [-0.1, -0.05) is 18.2 Å². The molecule has 1 aromatic carbocycles. The maximum atomic E-state index is 12.4. The van der Waals surface area contributed by atoms with Crippen LogP contribution in [0.25, 0.3) is 0 Å². The number of para-hydroxylation sites is 1. The summed E-state index contributed by atoms with van der Waals surface area (Å²) < 4.78 is 33.7. The summed E-state index contributed by atoms with van der Waals surface area (Å²) in [5.41, 5.74) is 0.540. The second-order valence-corrected chi connectivity index (χ2v) is 4.43. The number of hydrogen-bond acceptors (Lipinski definition) is 4. The number of carbonyl (C=O) groups is 1. The quantitative estimate of drug-likeness (QED) is 0.272. The third-order valence-corrected chi connectivity index (χ3v) is 2.79. The fraction of sp³-hybridized carbons (Fsp3) is 0.467. The first-order chi connectivity index (χ1) is 11.1. The number of esters is 1. The highest BCUT2D eigenvalue weighted by Gasteiger charge is 2.09. The Labute approximate surface area is 157 Å². The van der Waals surface area contributed by atoms with Crippen molar-refractivity contribution in [3.05, 3.63) is 29.8 Å². The van der Waals surface area contributed by atoms with E-state index in [-0.39, 0.29) is 48.7 Å². The molecule has 0 aliphatic carbocycles. The molecule has 9 heteroatoms. The van der Waals surface area contributed by atoms with Crippen LogP contribution in [0.1, 0.15) is 18.9 Å². The van der Waals surface area contributed by atoms with Gasteiger partial charge in [-0.3, -0.25) is 4.79 Å². The van der Waals surface area contributed by atoms with Gasteiger partial charge in [0.15, 0.2) is 5.96 Å². The number of aliphatic imine (C=N–C) groups is 1. The monoisotopic (exact) mass is 457 g/mol. The molecule has 1 aromatic rings. The normalized spacial score (nSPS) is 10.8. The van der Waals surface area contributed by atoms with Gasteiger partial charge in [0.05, 0.1) is 20.1 Å². The Morgan fingerprint density at radius 1 is 1.29 bits per heavy atom. The number of nitrogens with one attached hydrogen (secondary N) is 2. The first-order valence-corrected chi connectivity index (χ1v) is 7.18. The molecule has 0 aromatic heterocycles. The molecule has 0 aliphatic rings. The largest absolute Gasteiger partial charge is 0.469 e. The number of alkyl halides is 2. The molecule has 0 amide bonds. The maximum absolute atomic E-state index is 12.4. The van der Waals surface area contributed by atoms with Gasteiger partial charge in [0, 0.05) is 18.7 Å². The van der Waals surface area contributed by atoms with Crippen molar-refractivity contribution in [2.75, 3.05) is 20.2 Å². The van der Waals surface area contributed by atoms with Crippen molar-refractivity contribution >= 4 is 35.9 Å². The van der Waals surface area contributed by atoms with Gasteiger partial charge in [-0.15, -0.1) is 24.0 Å². The molecule has 0 saturated carbocycles. The highest BCUT2D eigenvalue weighted by Crippen LogP contribution is 2.20. The average Bonchev–Trinajstić information content (AvgIpc) is 2.53. The lowest BCUT2D eigenvalue weighted by molar-refractivity contribution is -0.140. The summed E-state index contributed by atoms with van der Waals surface area (Å²) >= 11 is 0. The Morgan fingerprint density at radius 2 is 2.00 bits per heavy atom. The van der Waals surface area contributed by atoms with Crippen LogP contribution < -0.4 is 15.4 Å². The van der Waals surface area contributed by atoms with E-state index >= 15 is 0 Å². The average molecular weight is 457 g/mol. The predicted octanol–water partition coefficient (Wildman–Crippen LogP) is 2.52. The molecule has 24 heavy (non-hydrogen) atoms. The molecule has 0 radical (unpaired) electrons. The molecule has 0 saturated heterocycles. The molecular formula is C15H22F2IN3O3. The van der Waals surface area contributed by atoms with Gasteiger partial charge >= 0.3 is 12.6 Å². The Kier molecular flexibility index (Phi) is 11.9. The molecule has 0 aliphatic heterocycles. The summed E-state index contributed by atoms with van der Waals surface area (Å²) in [6, 6.07) is 6.47. The molecular weight excluding hydrogens is 435 g/mol. The van der Waals surface area contributed by atoms with E-state index < -0.39 is 6.61 Å². The molecule has 0 fully saturated rings. The molecule has 0 spiro atoms. The Morgan fingerprint density at radius 3 is 2.62 bits per heavy atom. The van der Waals surface area contributed by atoms with Crippen LogP contribution >= 0.6 is 24.0 Å². The number of carbonyl (C=O) groups excluding carboxylic acids is 1. The van der Waals surface area contributed by atoms with Crippen LogP contribution in [0.3, 0.4) is 0 Å². The second-order valence-electron chi connectivity index (χ2n) is 4.43. The van der Waals surface area contributed by atoms with E-state index in [0.29, 0.717) is 24.6 Å². The van der Waals surface area contributed by atoms with Gasteiger partial charge in [0.25, 0.3) is 0 Å². The predicted molar refractivity (Wildman–Crippen MR) is 97.9 cm³/mol. The Balaban J connectivity index is 0.00000529. The lowest BCUT2D eigenvalue weighted by Crippen LogP contribution is -2.38. The number of methoxy groups -OCH3 is 1. The minimum atomic E-state index is -2.88. The van der Waals surface area contributed by atoms with Crippen LogP contribution in [0.15, 0.2) is 29.3 Å². The summed E-state index contributed by atoms with van der Waals surface area (Å²) in [6.07, 6.45) is 0.200. The van der Waals surface area contributed by atoms with Crippen LogP contribution in [-0.4, -0.2) is 38.7 Å². The topological polar surface area (TPSA) is 72.0 Å². The van der Waals surface area contributed by atoms with E-state index in [0.717, 1.165) is 0 Å². The zero-order valence-electron chi connectivity index (χ0n) is 13.6. The number of hydrogen-bond donors (Lipinski definition) is 2. The fourth-order valence-corrected chi connectivity index (χ4v) is 1.74. The van der Waals surface area contributed by atoms with Crippen molar-refractivity contribution in [3.63, 3.8) is 0 Å². The summed E-state index contributed by atoms with van der Waals surface area (Å²) in [4.78, 5) is 15.4. The molecule has 6 nitrogen and oxygen atoms in total. The van der Waals surface area contributed by atoms with Gasteiger partial charge < -0.3 is 20.1 Å². The summed E-state index contributed by atoms with van der Waals surface area (Å²) in [5, 5.41) is 5.97. The third kappa shape index (κ3) is 8.85. The molecule has 1 rings (SSSR count). The van der Waals surface area contributed by atoms with Crippen LogP contribution in [-0.2, 0) is 16.1 Å². The molecule has 0 unspecified atom stereocenters. The van der Waals surface area contributed by atoms with E-state index in [4.69, 9.17) is 0 Å². The minimum Gasteiger partial charge on any atom is -0.469 e. The van der Waals surface area contributed by atoms with Crippen LogP contribution in [0.4, 0.5) is 8.78 Å². The third-order valence-electron chi connectivity index (χ3n) is 2.79. The lowest BCUT2D eigenvalue weighted by atomic mass is 10.2. The van der Waals surface area contributed by atoms with Gasteiger partial charge in [0.1, 0.15) is 5.75 Å². The number of benzene rings is 1. The first kappa shape index (κ1) is 22.4. The van der Waals surface area contributed by atoms with Crippen LogP contribution in [0.5, 0.6) is 5.75 Å². The van der Waals surface area contributed by atoms with E-state index in [1.54, 1.807) is 18.2 Å². The van der Waals surface area contributed by atoms with Crippen molar-refractivity contribution in [2.45, 2.75) is 26.5 Å². The van der Waals surface area contributed by atoms with E-state index in [1.165, 1.54) is 13.2 Å². The SMILES string of the molecule is CCNC(=NCc1ccccc1OC(F)F)NCCC(=O)OC.I.